The van der Waals surface area contributed by atoms with Gasteiger partial charge in [-0.25, -0.2) is 5.43 Å². The van der Waals surface area contributed by atoms with E-state index in [0.29, 0.717) is 11.6 Å². The van der Waals surface area contributed by atoms with Crippen LogP contribution in [0.15, 0.2) is 5.10 Å². The molecule has 1 N–H and O–H groups in total. The van der Waals surface area contributed by atoms with E-state index in [9.17, 15) is 4.79 Å². The highest BCUT2D eigenvalue weighted by atomic mass is 35.5. The predicted octanol–water partition coefficient (Wildman–Crippen LogP) is 4.63. The molecule has 1 amide bonds. The average molecular weight is 341 g/mol. The number of aromatic nitrogens is 2. The Kier molecular flexibility index (Phi) is 8.92. The van der Waals surface area contributed by atoms with E-state index >= 15 is 0 Å². The van der Waals surface area contributed by atoms with Crippen molar-refractivity contribution in [2.75, 3.05) is 0 Å². The SMILES string of the molecule is CCCCCCCCC(=O)NN=Cc1c(C)nn(C(C)C)c1Cl. The number of nitrogens with zero attached hydrogens (tertiary/aromatic N) is 3. The van der Waals surface area contributed by atoms with Crippen molar-refractivity contribution in [3.8, 4) is 0 Å². The Morgan fingerprint density at radius 2 is 1.96 bits per heavy atom. The van der Waals surface area contributed by atoms with Crippen molar-refractivity contribution >= 4 is 23.7 Å². The minimum atomic E-state index is -0.0539. The first-order chi connectivity index (χ1) is 11.0. The number of hydrogen-bond donors (Lipinski definition) is 1. The number of hydrogen-bond acceptors (Lipinski definition) is 3. The highest BCUT2D eigenvalue weighted by Gasteiger charge is 2.13. The Morgan fingerprint density at radius 1 is 1.30 bits per heavy atom. The zero-order chi connectivity index (χ0) is 17.2. The van der Waals surface area contributed by atoms with Crippen LogP contribution in [0, 0.1) is 6.92 Å². The normalized spacial score (nSPS) is 11.6. The van der Waals surface area contributed by atoms with E-state index in [2.05, 4.69) is 22.5 Å². The van der Waals surface area contributed by atoms with Gasteiger partial charge in [-0.15, -0.1) is 0 Å². The molecule has 0 saturated carbocycles. The van der Waals surface area contributed by atoms with Crippen LogP contribution in [-0.2, 0) is 4.79 Å². The van der Waals surface area contributed by atoms with Gasteiger partial charge in [0.15, 0.2) is 0 Å². The fraction of sp³-hybridized carbons (Fsp3) is 0.706. The molecular weight excluding hydrogens is 312 g/mol. The van der Waals surface area contributed by atoms with E-state index in [-0.39, 0.29) is 11.9 Å². The molecule has 1 aromatic heterocycles. The number of unbranched alkanes of at least 4 members (excludes halogenated alkanes) is 5. The summed E-state index contributed by atoms with van der Waals surface area (Å²) in [5.74, 6) is -0.0539. The number of nitrogens with one attached hydrogen (secondary N) is 1. The van der Waals surface area contributed by atoms with E-state index in [0.717, 1.165) is 24.1 Å². The van der Waals surface area contributed by atoms with Gasteiger partial charge >= 0.3 is 0 Å². The van der Waals surface area contributed by atoms with E-state index < -0.39 is 0 Å². The molecule has 0 aliphatic carbocycles. The van der Waals surface area contributed by atoms with E-state index in [1.165, 1.54) is 25.7 Å². The Balaban J connectivity index is 2.37. The van der Waals surface area contributed by atoms with Crippen molar-refractivity contribution < 1.29 is 4.79 Å². The highest BCUT2D eigenvalue weighted by molar-refractivity contribution is 6.32. The van der Waals surface area contributed by atoms with Crippen LogP contribution in [0.5, 0.6) is 0 Å². The summed E-state index contributed by atoms with van der Waals surface area (Å²) in [6.07, 6.45) is 9.08. The van der Waals surface area contributed by atoms with E-state index in [4.69, 9.17) is 11.6 Å². The van der Waals surface area contributed by atoms with Gasteiger partial charge in [-0.05, 0) is 27.2 Å². The molecule has 0 aliphatic rings. The second-order valence-corrected chi connectivity index (χ2v) is 6.50. The fourth-order valence-corrected chi connectivity index (χ4v) is 2.73. The molecule has 5 nitrogen and oxygen atoms in total. The summed E-state index contributed by atoms with van der Waals surface area (Å²) in [6, 6.07) is 0.186. The molecule has 23 heavy (non-hydrogen) atoms. The highest BCUT2D eigenvalue weighted by Crippen LogP contribution is 2.21. The molecule has 0 bridgehead atoms. The molecule has 0 atom stereocenters. The molecule has 0 unspecified atom stereocenters. The zero-order valence-corrected chi connectivity index (χ0v) is 15.5. The third-order valence-electron chi connectivity index (χ3n) is 3.70. The number of hydrazone groups is 1. The topological polar surface area (TPSA) is 59.3 Å². The van der Waals surface area contributed by atoms with Crippen LogP contribution in [0.2, 0.25) is 5.15 Å². The van der Waals surface area contributed by atoms with Crippen molar-refractivity contribution in [1.82, 2.24) is 15.2 Å². The summed E-state index contributed by atoms with van der Waals surface area (Å²) < 4.78 is 1.75. The van der Waals surface area contributed by atoms with Crippen molar-refractivity contribution in [3.05, 3.63) is 16.4 Å². The minimum Gasteiger partial charge on any atom is -0.273 e. The van der Waals surface area contributed by atoms with Crippen LogP contribution < -0.4 is 5.43 Å². The number of carbonyl (C=O) groups is 1. The second-order valence-electron chi connectivity index (χ2n) is 6.14. The second kappa shape index (κ2) is 10.4. The molecule has 0 spiro atoms. The van der Waals surface area contributed by atoms with Gasteiger partial charge in [0.1, 0.15) is 5.15 Å². The maximum Gasteiger partial charge on any atom is 0.240 e. The lowest BCUT2D eigenvalue weighted by Gasteiger charge is -2.05. The number of carbonyl (C=O) groups excluding carboxylic acids is 1. The van der Waals surface area contributed by atoms with Crippen molar-refractivity contribution in [2.45, 2.75) is 78.7 Å². The van der Waals surface area contributed by atoms with Crippen LogP contribution in [0.4, 0.5) is 0 Å². The van der Waals surface area contributed by atoms with Crippen molar-refractivity contribution in [2.24, 2.45) is 5.10 Å². The first kappa shape index (κ1) is 19.7. The van der Waals surface area contributed by atoms with Gasteiger partial charge in [0.2, 0.25) is 5.91 Å². The summed E-state index contributed by atoms with van der Waals surface area (Å²) in [4.78, 5) is 11.7. The molecule has 0 aliphatic heterocycles. The standard InChI is InChI=1S/C17H29ClN4O/c1-5-6-7-8-9-10-11-16(23)20-19-12-15-14(4)21-22(13(2)3)17(15)18/h12-13H,5-11H2,1-4H3,(H,20,23). The lowest BCUT2D eigenvalue weighted by molar-refractivity contribution is -0.121. The van der Waals surface area contributed by atoms with Crippen LogP contribution in [0.25, 0.3) is 0 Å². The van der Waals surface area contributed by atoms with Gasteiger partial charge in [-0.1, -0.05) is 50.6 Å². The molecule has 1 heterocycles. The molecular formula is C17H29ClN4O. The van der Waals surface area contributed by atoms with E-state index in [1.54, 1.807) is 10.9 Å². The lowest BCUT2D eigenvalue weighted by Crippen LogP contribution is -2.17. The van der Waals surface area contributed by atoms with Gasteiger partial charge in [0.25, 0.3) is 0 Å². The van der Waals surface area contributed by atoms with E-state index in [1.807, 2.05) is 20.8 Å². The molecule has 6 heteroatoms. The number of amides is 1. The summed E-state index contributed by atoms with van der Waals surface area (Å²) in [5, 5.41) is 8.92. The quantitative estimate of drug-likeness (QED) is 0.383. The van der Waals surface area contributed by atoms with Gasteiger partial charge in [-0.3, -0.25) is 9.48 Å². The Bertz CT molecular complexity index is 523. The van der Waals surface area contributed by atoms with Gasteiger partial charge < -0.3 is 0 Å². The van der Waals surface area contributed by atoms with Gasteiger partial charge in [0, 0.05) is 12.5 Å². The number of aryl methyl sites for hydroxylation is 1. The predicted molar refractivity (Wildman–Crippen MR) is 96.1 cm³/mol. The number of halogens is 1. The lowest BCUT2D eigenvalue weighted by atomic mass is 10.1. The van der Waals surface area contributed by atoms with Crippen LogP contribution in [0.3, 0.4) is 0 Å². The van der Waals surface area contributed by atoms with Crippen molar-refractivity contribution in [3.63, 3.8) is 0 Å². The maximum atomic E-state index is 11.7. The van der Waals surface area contributed by atoms with Crippen LogP contribution >= 0.6 is 11.6 Å². The van der Waals surface area contributed by atoms with Crippen LogP contribution in [0.1, 0.15) is 83.0 Å². The Morgan fingerprint density at radius 3 is 2.57 bits per heavy atom. The average Bonchev–Trinajstić information content (AvgIpc) is 2.79. The number of rotatable bonds is 10. The monoisotopic (exact) mass is 340 g/mol. The molecule has 0 aromatic carbocycles. The molecule has 0 fully saturated rings. The Hall–Kier alpha value is -1.36. The smallest absolute Gasteiger partial charge is 0.240 e. The van der Waals surface area contributed by atoms with Gasteiger partial charge in [-0.2, -0.15) is 10.2 Å². The first-order valence-electron chi connectivity index (χ1n) is 8.53. The maximum absolute atomic E-state index is 11.7. The summed E-state index contributed by atoms with van der Waals surface area (Å²) in [7, 11) is 0. The minimum absolute atomic E-state index is 0.0539. The summed E-state index contributed by atoms with van der Waals surface area (Å²) in [5.41, 5.74) is 4.11. The van der Waals surface area contributed by atoms with Crippen LogP contribution in [-0.4, -0.2) is 21.9 Å². The third kappa shape index (κ3) is 6.73. The molecule has 0 radical (unpaired) electrons. The van der Waals surface area contributed by atoms with Crippen molar-refractivity contribution in [1.29, 1.82) is 0 Å². The molecule has 0 saturated heterocycles. The largest absolute Gasteiger partial charge is 0.273 e. The molecule has 1 rings (SSSR count). The fourth-order valence-electron chi connectivity index (χ4n) is 2.31. The zero-order valence-electron chi connectivity index (χ0n) is 14.7. The molecule has 1 aromatic rings. The first-order valence-corrected chi connectivity index (χ1v) is 8.91. The molecule has 130 valence electrons. The Labute approximate surface area is 144 Å². The summed E-state index contributed by atoms with van der Waals surface area (Å²) in [6.45, 7) is 8.11. The summed E-state index contributed by atoms with van der Waals surface area (Å²) >= 11 is 6.28. The van der Waals surface area contributed by atoms with Gasteiger partial charge in [0.05, 0.1) is 17.5 Å². The third-order valence-corrected chi connectivity index (χ3v) is 4.08.